The van der Waals surface area contributed by atoms with Crippen LogP contribution >= 0.6 is 0 Å². The molecule has 0 rings (SSSR count). The first-order chi connectivity index (χ1) is 8.49. The van der Waals surface area contributed by atoms with Gasteiger partial charge in [0.2, 0.25) is 6.43 Å². The van der Waals surface area contributed by atoms with Gasteiger partial charge in [0, 0.05) is 24.8 Å². The van der Waals surface area contributed by atoms with Crippen molar-refractivity contribution in [1.29, 1.82) is 0 Å². The molecule has 0 radical (unpaired) electrons. The minimum Gasteiger partial charge on any atom is -0.396 e. The fourth-order valence-corrected chi connectivity index (χ4v) is 1.68. The second-order valence-electron chi connectivity index (χ2n) is 4.87. The van der Waals surface area contributed by atoms with E-state index in [-0.39, 0.29) is 19.1 Å². The van der Waals surface area contributed by atoms with Crippen molar-refractivity contribution in [3.05, 3.63) is 0 Å². The molecular formula is C13H26F2N2O. The molecule has 2 atom stereocenters. The lowest BCUT2D eigenvalue weighted by Gasteiger charge is -2.17. The van der Waals surface area contributed by atoms with Gasteiger partial charge in [-0.1, -0.05) is 13.8 Å². The average Bonchev–Trinajstić information content (AvgIpc) is 2.28. The van der Waals surface area contributed by atoms with Gasteiger partial charge < -0.3 is 10.5 Å². The van der Waals surface area contributed by atoms with E-state index in [1.54, 1.807) is 6.92 Å². The zero-order valence-electron chi connectivity index (χ0n) is 11.6. The second-order valence-corrected chi connectivity index (χ2v) is 4.87. The fourth-order valence-electron chi connectivity index (χ4n) is 1.68. The third-order valence-electron chi connectivity index (χ3n) is 3.01. The van der Waals surface area contributed by atoms with Crippen molar-refractivity contribution in [2.75, 3.05) is 6.61 Å². The molecular weight excluding hydrogens is 238 g/mol. The number of rotatable bonds is 10. The highest BCUT2D eigenvalue weighted by Crippen LogP contribution is 2.13. The van der Waals surface area contributed by atoms with E-state index in [0.717, 1.165) is 25.7 Å². The molecule has 0 spiro atoms. The lowest BCUT2D eigenvalue weighted by atomic mass is 9.98. The van der Waals surface area contributed by atoms with Gasteiger partial charge in [-0.25, -0.2) is 8.78 Å². The number of hydrogen-bond donors (Lipinski definition) is 2. The van der Waals surface area contributed by atoms with E-state index in [1.165, 1.54) is 0 Å². The van der Waals surface area contributed by atoms with Gasteiger partial charge in [0.25, 0.3) is 0 Å². The molecule has 0 aromatic heterocycles. The normalized spacial score (nSPS) is 15.8. The molecule has 0 heterocycles. The number of alkyl halides is 2. The molecule has 18 heavy (non-hydrogen) atoms. The van der Waals surface area contributed by atoms with E-state index in [4.69, 9.17) is 5.11 Å². The van der Waals surface area contributed by atoms with Crippen LogP contribution in [0, 0.1) is 5.92 Å². The Bertz CT molecular complexity index is 235. The zero-order chi connectivity index (χ0) is 14.0. The topological polar surface area (TPSA) is 44.6 Å². The van der Waals surface area contributed by atoms with Crippen molar-refractivity contribution in [1.82, 2.24) is 5.43 Å². The van der Waals surface area contributed by atoms with Crippen LogP contribution < -0.4 is 5.43 Å². The van der Waals surface area contributed by atoms with Gasteiger partial charge >= 0.3 is 0 Å². The molecule has 108 valence electrons. The van der Waals surface area contributed by atoms with Gasteiger partial charge in [-0.15, -0.1) is 0 Å². The average molecular weight is 264 g/mol. The first-order valence-corrected chi connectivity index (χ1v) is 6.67. The summed E-state index contributed by atoms with van der Waals surface area (Å²) in [5, 5.41) is 12.8. The number of halogens is 2. The Morgan fingerprint density at radius 3 is 2.44 bits per heavy atom. The highest BCUT2D eigenvalue weighted by Gasteiger charge is 2.09. The Morgan fingerprint density at radius 1 is 1.28 bits per heavy atom. The molecule has 5 heteroatoms. The molecule has 0 aromatic carbocycles. The number of hydrazone groups is 1. The monoisotopic (exact) mass is 264 g/mol. The Labute approximate surface area is 109 Å². The maximum absolute atomic E-state index is 12.1. The number of nitrogens with one attached hydrogen (secondary N) is 1. The summed E-state index contributed by atoms with van der Waals surface area (Å²) in [4.78, 5) is 0. The quantitative estimate of drug-likeness (QED) is 0.470. The molecule has 0 aliphatic rings. The van der Waals surface area contributed by atoms with Gasteiger partial charge in [0.1, 0.15) is 0 Å². The maximum Gasteiger partial charge on any atom is 0.243 e. The molecule has 0 amide bonds. The molecule has 0 aromatic rings. The molecule has 0 bridgehead atoms. The van der Waals surface area contributed by atoms with Crippen LogP contribution in [0.2, 0.25) is 0 Å². The van der Waals surface area contributed by atoms with Gasteiger partial charge in [0.15, 0.2) is 0 Å². The number of aliphatic hydroxyl groups excluding tert-OH is 1. The third kappa shape index (κ3) is 9.33. The van der Waals surface area contributed by atoms with Crippen LogP contribution in [0.25, 0.3) is 0 Å². The van der Waals surface area contributed by atoms with Gasteiger partial charge in [-0.2, -0.15) is 5.10 Å². The molecule has 0 fully saturated rings. The van der Waals surface area contributed by atoms with Crippen LogP contribution in [0.4, 0.5) is 8.78 Å². The predicted molar refractivity (Wildman–Crippen MR) is 71.0 cm³/mol. The van der Waals surface area contributed by atoms with Gasteiger partial charge in [-0.05, 0) is 38.5 Å². The molecule has 0 aliphatic heterocycles. The molecule has 3 nitrogen and oxygen atoms in total. The highest BCUT2D eigenvalue weighted by atomic mass is 19.3. The standard InChI is InChI=1S/C13H26F2N2O/c1-4-12(6-5-10(2)7-8-18)17-16-11(3)9-13(14)15/h10,12-13,17-18H,4-9H2,1-3H3. The van der Waals surface area contributed by atoms with Crippen LogP contribution in [-0.4, -0.2) is 29.9 Å². The summed E-state index contributed by atoms with van der Waals surface area (Å²) in [6.07, 6.45) is 1.07. The maximum atomic E-state index is 12.1. The molecule has 2 N–H and O–H groups in total. The summed E-state index contributed by atoms with van der Waals surface area (Å²) in [5.41, 5.74) is 3.40. The Balaban J connectivity index is 3.96. The lowest BCUT2D eigenvalue weighted by Crippen LogP contribution is -2.25. The van der Waals surface area contributed by atoms with Gasteiger partial charge in [0.05, 0.1) is 0 Å². The fraction of sp³-hybridized carbons (Fsp3) is 0.923. The Hall–Kier alpha value is -0.710. The Morgan fingerprint density at radius 2 is 1.94 bits per heavy atom. The first-order valence-electron chi connectivity index (χ1n) is 6.67. The van der Waals surface area contributed by atoms with Crippen LogP contribution in [-0.2, 0) is 0 Å². The summed E-state index contributed by atoms with van der Waals surface area (Å²) in [6, 6.07) is 0.221. The van der Waals surface area contributed by atoms with Crippen LogP contribution in [0.3, 0.4) is 0 Å². The van der Waals surface area contributed by atoms with Crippen LogP contribution in [0.5, 0.6) is 0 Å². The van der Waals surface area contributed by atoms with Crippen molar-refractivity contribution >= 4 is 5.71 Å². The van der Waals surface area contributed by atoms with E-state index < -0.39 is 6.43 Å². The van der Waals surface area contributed by atoms with Crippen LogP contribution in [0.1, 0.15) is 52.9 Å². The van der Waals surface area contributed by atoms with E-state index in [1.807, 2.05) is 6.92 Å². The van der Waals surface area contributed by atoms with E-state index in [9.17, 15) is 8.78 Å². The summed E-state index contributed by atoms with van der Waals surface area (Å²) < 4.78 is 24.2. The van der Waals surface area contributed by atoms with Crippen LogP contribution in [0.15, 0.2) is 5.10 Å². The predicted octanol–water partition coefficient (Wildman–Crippen LogP) is 3.18. The minimum absolute atomic E-state index is 0.219. The van der Waals surface area contributed by atoms with Gasteiger partial charge in [-0.3, -0.25) is 0 Å². The highest BCUT2D eigenvalue weighted by molar-refractivity contribution is 5.81. The number of hydrogen-bond acceptors (Lipinski definition) is 3. The number of aliphatic hydroxyl groups is 1. The summed E-state index contributed by atoms with van der Waals surface area (Å²) >= 11 is 0. The van der Waals surface area contributed by atoms with Crippen molar-refractivity contribution in [3.63, 3.8) is 0 Å². The largest absolute Gasteiger partial charge is 0.396 e. The smallest absolute Gasteiger partial charge is 0.243 e. The molecule has 0 saturated carbocycles. The summed E-state index contributed by atoms with van der Waals surface area (Å²) in [6.45, 7) is 5.98. The van der Waals surface area contributed by atoms with Crippen molar-refractivity contribution in [2.45, 2.75) is 65.3 Å². The first kappa shape index (κ1) is 17.3. The van der Waals surface area contributed by atoms with E-state index >= 15 is 0 Å². The van der Waals surface area contributed by atoms with Crippen molar-refractivity contribution in [3.8, 4) is 0 Å². The Kier molecular flexibility index (Phi) is 9.83. The summed E-state index contributed by atoms with van der Waals surface area (Å²) in [5.74, 6) is 0.483. The van der Waals surface area contributed by atoms with E-state index in [2.05, 4.69) is 17.5 Å². The minimum atomic E-state index is -2.33. The summed E-state index contributed by atoms with van der Waals surface area (Å²) in [7, 11) is 0. The third-order valence-corrected chi connectivity index (χ3v) is 3.01. The van der Waals surface area contributed by atoms with E-state index in [0.29, 0.717) is 11.6 Å². The zero-order valence-corrected chi connectivity index (χ0v) is 11.6. The number of nitrogens with zero attached hydrogens (tertiary/aromatic N) is 1. The van der Waals surface area contributed by atoms with Crippen molar-refractivity contribution < 1.29 is 13.9 Å². The lowest BCUT2D eigenvalue weighted by molar-refractivity contribution is 0.157. The molecule has 0 aliphatic carbocycles. The SMILES string of the molecule is CCC(CCC(C)CCO)NN=C(C)CC(F)F. The molecule has 0 saturated heterocycles. The second kappa shape index (κ2) is 10.2. The molecule has 2 unspecified atom stereocenters. The van der Waals surface area contributed by atoms with Crippen molar-refractivity contribution in [2.24, 2.45) is 11.0 Å².